The molecule has 2 aromatic rings. The van der Waals surface area contributed by atoms with E-state index >= 15 is 0 Å². The molecule has 0 aliphatic carbocycles. The van der Waals surface area contributed by atoms with Gasteiger partial charge in [0.15, 0.2) is 5.82 Å². The van der Waals surface area contributed by atoms with E-state index in [1.54, 1.807) is 0 Å². The van der Waals surface area contributed by atoms with Crippen LogP contribution in [0.15, 0.2) is 22.7 Å². The van der Waals surface area contributed by atoms with Crippen molar-refractivity contribution in [1.29, 1.82) is 0 Å². The molecule has 106 valence electrons. The summed E-state index contributed by atoms with van der Waals surface area (Å²) in [5, 5.41) is 7.37. The van der Waals surface area contributed by atoms with E-state index in [2.05, 4.69) is 49.0 Å². The molecule has 1 aliphatic heterocycles. The fourth-order valence-corrected chi connectivity index (χ4v) is 2.90. The molecule has 0 amide bonds. The minimum absolute atomic E-state index is 0.315. The maximum Gasteiger partial charge on any atom is 0.245 e. The fraction of sp³-hybridized carbons (Fsp3) is 0.429. The Labute approximate surface area is 126 Å². The molecule has 20 heavy (non-hydrogen) atoms. The van der Waals surface area contributed by atoms with Crippen LogP contribution in [-0.4, -0.2) is 34.3 Å². The number of benzene rings is 1. The number of nitrogens with two attached hydrogens (primary N) is 1. The summed E-state index contributed by atoms with van der Waals surface area (Å²) in [5.41, 5.74) is 8.15. The van der Waals surface area contributed by atoms with Gasteiger partial charge in [-0.25, -0.2) is 0 Å². The third-order valence-corrected chi connectivity index (χ3v) is 4.80. The zero-order chi connectivity index (χ0) is 14.1. The lowest BCUT2D eigenvalue weighted by atomic mass is 10.1. The monoisotopic (exact) mass is 335 g/mol. The van der Waals surface area contributed by atoms with Crippen LogP contribution in [0.25, 0.3) is 11.4 Å². The van der Waals surface area contributed by atoms with Gasteiger partial charge in [0.2, 0.25) is 5.95 Å². The molecule has 1 saturated heterocycles. The van der Waals surface area contributed by atoms with Crippen LogP contribution in [0.1, 0.15) is 18.4 Å². The molecule has 0 unspecified atom stereocenters. The smallest absolute Gasteiger partial charge is 0.245 e. The van der Waals surface area contributed by atoms with Crippen LogP contribution in [0.5, 0.6) is 0 Å². The lowest BCUT2D eigenvalue weighted by Crippen LogP contribution is -2.40. The van der Waals surface area contributed by atoms with Gasteiger partial charge in [-0.1, -0.05) is 18.2 Å². The van der Waals surface area contributed by atoms with Gasteiger partial charge in [-0.2, -0.15) is 4.98 Å². The standard InChI is InChI=1S/C14H18BrN5/c1-9-3-2-4-11(12(9)15)13-17-14(19-18-13)20-7-5-10(16)6-8-20/h2-4,10H,5-8,16H2,1H3,(H,17,18,19). The number of aromatic nitrogens is 3. The summed E-state index contributed by atoms with van der Waals surface area (Å²) >= 11 is 3.61. The van der Waals surface area contributed by atoms with Crippen molar-refractivity contribution in [3.05, 3.63) is 28.2 Å². The molecule has 1 fully saturated rings. The number of nitrogens with one attached hydrogen (secondary N) is 1. The first-order valence-electron chi connectivity index (χ1n) is 6.83. The Bertz CT molecular complexity index is 601. The van der Waals surface area contributed by atoms with Gasteiger partial charge in [-0.3, -0.25) is 5.10 Å². The Kier molecular flexibility index (Phi) is 3.76. The highest BCUT2D eigenvalue weighted by molar-refractivity contribution is 9.10. The van der Waals surface area contributed by atoms with Crippen molar-refractivity contribution >= 4 is 21.9 Å². The van der Waals surface area contributed by atoms with Crippen LogP contribution >= 0.6 is 15.9 Å². The number of nitrogens with zero attached hydrogens (tertiary/aromatic N) is 3. The molecule has 0 bridgehead atoms. The number of piperidine rings is 1. The molecule has 0 radical (unpaired) electrons. The summed E-state index contributed by atoms with van der Waals surface area (Å²) in [7, 11) is 0. The van der Waals surface area contributed by atoms with E-state index in [0.29, 0.717) is 6.04 Å². The van der Waals surface area contributed by atoms with Crippen molar-refractivity contribution in [2.24, 2.45) is 5.73 Å². The number of hydrogen-bond acceptors (Lipinski definition) is 4. The van der Waals surface area contributed by atoms with Gasteiger partial charge in [0.25, 0.3) is 0 Å². The van der Waals surface area contributed by atoms with Gasteiger partial charge in [-0.05, 0) is 41.3 Å². The molecule has 1 aromatic carbocycles. The Morgan fingerprint density at radius 2 is 2.10 bits per heavy atom. The van der Waals surface area contributed by atoms with Crippen LogP contribution < -0.4 is 10.6 Å². The quantitative estimate of drug-likeness (QED) is 0.884. The summed E-state index contributed by atoms with van der Waals surface area (Å²) in [6.07, 6.45) is 2.00. The molecule has 5 nitrogen and oxygen atoms in total. The summed E-state index contributed by atoms with van der Waals surface area (Å²) in [4.78, 5) is 6.81. The molecule has 2 heterocycles. The van der Waals surface area contributed by atoms with Gasteiger partial charge < -0.3 is 10.6 Å². The second-order valence-electron chi connectivity index (χ2n) is 5.24. The zero-order valence-electron chi connectivity index (χ0n) is 11.4. The van der Waals surface area contributed by atoms with Gasteiger partial charge in [0, 0.05) is 29.2 Å². The molecule has 6 heteroatoms. The predicted octanol–water partition coefficient (Wildman–Crippen LogP) is 2.47. The van der Waals surface area contributed by atoms with Crippen LogP contribution in [0, 0.1) is 6.92 Å². The van der Waals surface area contributed by atoms with Crippen molar-refractivity contribution in [3.8, 4) is 11.4 Å². The van der Waals surface area contributed by atoms with Crippen molar-refractivity contribution in [1.82, 2.24) is 15.2 Å². The number of H-pyrrole nitrogens is 1. The summed E-state index contributed by atoms with van der Waals surface area (Å²) < 4.78 is 1.06. The van der Waals surface area contributed by atoms with E-state index in [0.717, 1.165) is 47.7 Å². The number of hydrogen-bond donors (Lipinski definition) is 2. The molecule has 1 aromatic heterocycles. The van der Waals surface area contributed by atoms with Crippen molar-refractivity contribution in [2.75, 3.05) is 18.0 Å². The highest BCUT2D eigenvalue weighted by Crippen LogP contribution is 2.29. The number of rotatable bonds is 2. The van der Waals surface area contributed by atoms with Gasteiger partial charge in [0.05, 0.1) is 0 Å². The molecular weight excluding hydrogens is 318 g/mol. The highest BCUT2D eigenvalue weighted by atomic mass is 79.9. The molecule has 3 rings (SSSR count). The Morgan fingerprint density at radius 3 is 2.85 bits per heavy atom. The number of aryl methyl sites for hydroxylation is 1. The van der Waals surface area contributed by atoms with Crippen molar-refractivity contribution in [3.63, 3.8) is 0 Å². The number of halogens is 1. The first-order chi connectivity index (χ1) is 9.65. The third kappa shape index (κ3) is 2.58. The second kappa shape index (κ2) is 5.54. The fourth-order valence-electron chi connectivity index (χ4n) is 2.44. The predicted molar refractivity (Wildman–Crippen MR) is 83.7 cm³/mol. The summed E-state index contributed by atoms with van der Waals surface area (Å²) in [6, 6.07) is 6.44. The van der Waals surface area contributed by atoms with E-state index in [1.807, 2.05) is 12.1 Å². The normalized spacial score (nSPS) is 16.6. The van der Waals surface area contributed by atoms with Crippen molar-refractivity contribution < 1.29 is 0 Å². The maximum atomic E-state index is 5.93. The largest absolute Gasteiger partial charge is 0.339 e. The van der Waals surface area contributed by atoms with E-state index < -0.39 is 0 Å². The maximum absolute atomic E-state index is 5.93. The van der Waals surface area contributed by atoms with Gasteiger partial charge in [0.1, 0.15) is 0 Å². The topological polar surface area (TPSA) is 70.8 Å². The highest BCUT2D eigenvalue weighted by Gasteiger charge is 2.20. The lowest BCUT2D eigenvalue weighted by molar-refractivity contribution is 0.496. The average molecular weight is 336 g/mol. The van der Waals surface area contributed by atoms with E-state index in [9.17, 15) is 0 Å². The molecule has 1 aliphatic rings. The van der Waals surface area contributed by atoms with Gasteiger partial charge in [-0.15, -0.1) is 5.10 Å². The minimum Gasteiger partial charge on any atom is -0.339 e. The lowest BCUT2D eigenvalue weighted by Gasteiger charge is -2.28. The number of aromatic amines is 1. The summed E-state index contributed by atoms with van der Waals surface area (Å²) in [5.74, 6) is 1.56. The van der Waals surface area contributed by atoms with Crippen LogP contribution in [-0.2, 0) is 0 Å². The van der Waals surface area contributed by atoms with Gasteiger partial charge >= 0.3 is 0 Å². The van der Waals surface area contributed by atoms with Crippen LogP contribution in [0.3, 0.4) is 0 Å². The Hall–Kier alpha value is -1.40. The average Bonchev–Trinajstić information content (AvgIpc) is 2.92. The Balaban J connectivity index is 1.85. The minimum atomic E-state index is 0.315. The van der Waals surface area contributed by atoms with Crippen molar-refractivity contribution in [2.45, 2.75) is 25.8 Å². The van der Waals surface area contributed by atoms with Crippen LogP contribution in [0.2, 0.25) is 0 Å². The molecular formula is C14H18BrN5. The Morgan fingerprint density at radius 1 is 1.35 bits per heavy atom. The molecule has 3 N–H and O–H groups in total. The number of anilines is 1. The summed E-state index contributed by atoms with van der Waals surface area (Å²) in [6.45, 7) is 3.91. The zero-order valence-corrected chi connectivity index (χ0v) is 13.0. The first kappa shape index (κ1) is 13.6. The molecule has 0 spiro atoms. The first-order valence-corrected chi connectivity index (χ1v) is 7.63. The third-order valence-electron chi connectivity index (χ3n) is 3.74. The molecule has 0 saturated carbocycles. The van der Waals surface area contributed by atoms with E-state index in [1.165, 1.54) is 5.56 Å². The van der Waals surface area contributed by atoms with E-state index in [-0.39, 0.29) is 0 Å². The van der Waals surface area contributed by atoms with Crippen LogP contribution in [0.4, 0.5) is 5.95 Å². The SMILES string of the molecule is Cc1cccc(-c2nc(N3CCC(N)CC3)n[nH]2)c1Br. The van der Waals surface area contributed by atoms with E-state index in [4.69, 9.17) is 5.73 Å². The second-order valence-corrected chi connectivity index (χ2v) is 6.04. The molecule has 0 atom stereocenters.